The number of carbonyl (C=O) groups is 1. The first-order valence-electron chi connectivity index (χ1n) is 5.69. The molecule has 17 heavy (non-hydrogen) atoms. The first-order chi connectivity index (χ1) is 8.00. The maximum atomic E-state index is 12.2. The second-order valence-corrected chi connectivity index (χ2v) is 4.99. The van der Waals surface area contributed by atoms with E-state index in [0.29, 0.717) is 22.3 Å². The maximum Gasteiger partial charge on any atom is 0.255 e. The van der Waals surface area contributed by atoms with Crippen LogP contribution in [0.4, 0.5) is 5.82 Å². The summed E-state index contributed by atoms with van der Waals surface area (Å²) in [7, 11) is 1.80. The summed E-state index contributed by atoms with van der Waals surface area (Å²) < 4.78 is 0. The molecule has 0 aliphatic heterocycles. The van der Waals surface area contributed by atoms with Gasteiger partial charge in [0.2, 0.25) is 0 Å². The fourth-order valence-electron chi connectivity index (χ4n) is 1.89. The first kappa shape index (κ1) is 12.2. The van der Waals surface area contributed by atoms with Crippen LogP contribution in [0, 0.1) is 5.92 Å². The highest BCUT2D eigenvalue weighted by Gasteiger charge is 2.33. The van der Waals surface area contributed by atoms with Crippen molar-refractivity contribution in [1.82, 2.24) is 9.88 Å². The fourth-order valence-corrected chi connectivity index (χ4v) is 2.07. The third kappa shape index (κ3) is 2.52. The zero-order valence-corrected chi connectivity index (χ0v) is 10.7. The minimum absolute atomic E-state index is 0.0940. The van der Waals surface area contributed by atoms with E-state index in [9.17, 15) is 4.79 Å². The van der Waals surface area contributed by atoms with E-state index in [1.807, 2.05) is 0 Å². The van der Waals surface area contributed by atoms with Crippen LogP contribution < -0.4 is 5.73 Å². The number of carbonyl (C=O) groups excluding carboxylic acids is 1. The molecule has 4 nitrogen and oxygen atoms in total. The Kier molecular flexibility index (Phi) is 3.24. The molecule has 1 heterocycles. The molecule has 1 aromatic rings. The Morgan fingerprint density at radius 3 is 2.88 bits per heavy atom. The number of amides is 1. The minimum Gasteiger partial charge on any atom is -0.384 e. The van der Waals surface area contributed by atoms with Crippen LogP contribution in [0.25, 0.3) is 0 Å². The van der Waals surface area contributed by atoms with Gasteiger partial charge in [0.15, 0.2) is 0 Å². The summed E-state index contributed by atoms with van der Waals surface area (Å²) in [5.74, 6) is 0.843. The van der Waals surface area contributed by atoms with Crippen LogP contribution in [0.1, 0.15) is 30.1 Å². The Bertz CT molecular complexity index is 445. The van der Waals surface area contributed by atoms with Crippen molar-refractivity contribution in [2.24, 2.45) is 5.92 Å². The topological polar surface area (TPSA) is 59.2 Å². The van der Waals surface area contributed by atoms with E-state index in [4.69, 9.17) is 17.3 Å². The van der Waals surface area contributed by atoms with Gasteiger partial charge >= 0.3 is 0 Å². The summed E-state index contributed by atoms with van der Waals surface area (Å²) in [6.07, 6.45) is 3.82. The van der Waals surface area contributed by atoms with Crippen molar-refractivity contribution in [3.05, 3.63) is 22.8 Å². The van der Waals surface area contributed by atoms with E-state index in [0.717, 1.165) is 0 Å². The number of nitrogens with zero attached hydrogens (tertiary/aromatic N) is 2. The zero-order valence-electron chi connectivity index (χ0n) is 9.98. The van der Waals surface area contributed by atoms with Crippen molar-refractivity contribution in [2.75, 3.05) is 12.8 Å². The second kappa shape index (κ2) is 4.53. The Labute approximate surface area is 106 Å². The molecule has 92 valence electrons. The molecule has 2 N–H and O–H groups in total. The molecule has 5 heteroatoms. The van der Waals surface area contributed by atoms with Gasteiger partial charge in [-0.05, 0) is 31.7 Å². The van der Waals surface area contributed by atoms with E-state index in [1.165, 1.54) is 25.1 Å². The SMILES string of the molecule is CC(C1CC1)N(C)C(=O)c1cc(N)ncc1Cl. The number of hydrogen-bond acceptors (Lipinski definition) is 3. The summed E-state index contributed by atoms with van der Waals surface area (Å²) >= 11 is 5.97. The van der Waals surface area contributed by atoms with Gasteiger partial charge in [0.1, 0.15) is 5.82 Å². The highest BCUT2D eigenvalue weighted by atomic mass is 35.5. The molecule has 2 rings (SSSR count). The van der Waals surface area contributed by atoms with E-state index in [1.54, 1.807) is 11.9 Å². The van der Waals surface area contributed by atoms with Gasteiger partial charge in [0, 0.05) is 19.3 Å². The number of aromatic nitrogens is 1. The number of halogens is 1. The summed E-state index contributed by atoms with van der Waals surface area (Å²) in [6.45, 7) is 2.06. The lowest BCUT2D eigenvalue weighted by molar-refractivity contribution is 0.0727. The third-order valence-corrected chi connectivity index (χ3v) is 3.64. The van der Waals surface area contributed by atoms with Crippen molar-refractivity contribution in [3.63, 3.8) is 0 Å². The number of pyridine rings is 1. The van der Waals surface area contributed by atoms with Crippen molar-refractivity contribution in [3.8, 4) is 0 Å². The quantitative estimate of drug-likeness (QED) is 0.898. The Morgan fingerprint density at radius 2 is 2.29 bits per heavy atom. The van der Waals surface area contributed by atoms with Crippen molar-refractivity contribution in [2.45, 2.75) is 25.8 Å². The number of nitrogen functional groups attached to an aromatic ring is 1. The molecule has 0 aromatic carbocycles. The summed E-state index contributed by atoms with van der Waals surface area (Å²) in [4.78, 5) is 17.8. The molecule has 1 fully saturated rings. The van der Waals surface area contributed by atoms with Crippen LogP contribution in [0.3, 0.4) is 0 Å². The van der Waals surface area contributed by atoms with E-state index in [-0.39, 0.29) is 11.9 Å². The smallest absolute Gasteiger partial charge is 0.255 e. The maximum absolute atomic E-state index is 12.2. The normalized spacial score (nSPS) is 16.6. The van der Waals surface area contributed by atoms with Gasteiger partial charge in [0.25, 0.3) is 5.91 Å². The third-order valence-electron chi connectivity index (χ3n) is 3.34. The van der Waals surface area contributed by atoms with Crippen LogP contribution in [0.5, 0.6) is 0 Å². The van der Waals surface area contributed by atoms with Crippen LogP contribution in [0.15, 0.2) is 12.3 Å². The number of nitrogens with two attached hydrogens (primary N) is 1. The molecule has 1 aliphatic rings. The monoisotopic (exact) mass is 253 g/mol. The second-order valence-electron chi connectivity index (χ2n) is 4.58. The van der Waals surface area contributed by atoms with Crippen LogP contribution >= 0.6 is 11.6 Å². The highest BCUT2D eigenvalue weighted by Crippen LogP contribution is 2.35. The van der Waals surface area contributed by atoms with Gasteiger partial charge in [-0.2, -0.15) is 0 Å². The molecule has 1 saturated carbocycles. The average Bonchev–Trinajstić information content (AvgIpc) is 3.13. The Balaban J connectivity index is 2.20. The molecule has 0 radical (unpaired) electrons. The van der Waals surface area contributed by atoms with Crippen LogP contribution in [0.2, 0.25) is 5.02 Å². The van der Waals surface area contributed by atoms with Gasteiger partial charge in [-0.15, -0.1) is 0 Å². The van der Waals surface area contributed by atoms with E-state index >= 15 is 0 Å². The van der Waals surface area contributed by atoms with Crippen LogP contribution in [-0.4, -0.2) is 28.9 Å². The van der Waals surface area contributed by atoms with E-state index in [2.05, 4.69) is 11.9 Å². The number of rotatable bonds is 3. The molecule has 0 spiro atoms. The molecule has 1 atom stereocenters. The molecular weight excluding hydrogens is 238 g/mol. The predicted molar refractivity (Wildman–Crippen MR) is 67.9 cm³/mol. The molecule has 1 aromatic heterocycles. The van der Waals surface area contributed by atoms with Gasteiger partial charge in [-0.25, -0.2) is 4.98 Å². The zero-order chi connectivity index (χ0) is 12.6. The molecule has 0 saturated heterocycles. The van der Waals surface area contributed by atoms with Gasteiger partial charge in [-0.1, -0.05) is 11.6 Å². The van der Waals surface area contributed by atoms with Gasteiger partial charge in [-0.3, -0.25) is 4.79 Å². The summed E-state index contributed by atoms with van der Waals surface area (Å²) in [6, 6.07) is 1.77. The molecule has 0 bridgehead atoms. The lowest BCUT2D eigenvalue weighted by atomic mass is 10.1. The largest absolute Gasteiger partial charge is 0.384 e. The van der Waals surface area contributed by atoms with Crippen molar-refractivity contribution >= 4 is 23.3 Å². The van der Waals surface area contributed by atoms with E-state index < -0.39 is 0 Å². The summed E-state index contributed by atoms with van der Waals surface area (Å²) in [5, 5.41) is 0.346. The number of hydrogen-bond donors (Lipinski definition) is 1. The first-order valence-corrected chi connectivity index (χ1v) is 6.06. The average molecular weight is 254 g/mol. The van der Waals surface area contributed by atoms with Crippen molar-refractivity contribution in [1.29, 1.82) is 0 Å². The predicted octanol–water partition coefficient (Wildman–Crippen LogP) is 2.19. The summed E-state index contributed by atoms with van der Waals surface area (Å²) in [5.41, 5.74) is 6.00. The Morgan fingerprint density at radius 1 is 1.65 bits per heavy atom. The van der Waals surface area contributed by atoms with Crippen molar-refractivity contribution < 1.29 is 4.79 Å². The lowest BCUT2D eigenvalue weighted by Gasteiger charge is -2.25. The molecule has 1 amide bonds. The van der Waals surface area contributed by atoms with Crippen LogP contribution in [-0.2, 0) is 0 Å². The molecular formula is C12H16ClN3O. The number of anilines is 1. The van der Waals surface area contributed by atoms with Gasteiger partial charge in [0.05, 0.1) is 10.6 Å². The molecule has 1 aliphatic carbocycles. The highest BCUT2D eigenvalue weighted by molar-refractivity contribution is 6.33. The molecule has 1 unspecified atom stereocenters. The van der Waals surface area contributed by atoms with Gasteiger partial charge < -0.3 is 10.6 Å². The fraction of sp³-hybridized carbons (Fsp3) is 0.500. The standard InChI is InChI=1S/C12H16ClN3O/c1-7(8-3-4-8)16(2)12(17)9-5-11(14)15-6-10(9)13/h5-8H,3-4H2,1-2H3,(H2,14,15). The Hall–Kier alpha value is -1.29. The minimum atomic E-state index is -0.0940. The lowest BCUT2D eigenvalue weighted by Crippen LogP contribution is -2.36.